The zero-order valence-electron chi connectivity index (χ0n) is 5.94. The van der Waals surface area contributed by atoms with Gasteiger partial charge in [0.1, 0.15) is 0 Å². The number of carbonyl (C=O) groups is 1. The first-order chi connectivity index (χ1) is 5.65. The van der Waals surface area contributed by atoms with Gasteiger partial charge in [-0.15, -0.1) is 22.9 Å². The molecule has 5 heteroatoms. The maximum absolute atomic E-state index is 11.4. The van der Waals surface area contributed by atoms with Crippen LogP contribution in [0.25, 0.3) is 0 Å². The largest absolute Gasteiger partial charge is 0.293 e. The van der Waals surface area contributed by atoms with E-state index in [2.05, 4.69) is 31.9 Å². The van der Waals surface area contributed by atoms with Crippen molar-refractivity contribution in [2.75, 3.05) is 5.88 Å². The molecular weight excluding hydrogens is 327 g/mol. The first-order valence-electron chi connectivity index (χ1n) is 3.19. The quantitative estimate of drug-likeness (QED) is 0.602. The summed E-state index contributed by atoms with van der Waals surface area (Å²) in [6, 6.07) is 1.87. The maximum Gasteiger partial charge on any atom is 0.175 e. The molecule has 0 N–H and O–H groups in total. The lowest BCUT2D eigenvalue weighted by Crippen LogP contribution is -1.96. The standard InChI is InChI=1S/C7H5Br2ClOS/c8-4-3-6(9)12-7(4)5(11)1-2-10/h3H,1-2H2. The van der Waals surface area contributed by atoms with Crippen molar-refractivity contribution >= 4 is 60.6 Å². The molecule has 0 amide bonds. The van der Waals surface area contributed by atoms with E-state index in [4.69, 9.17) is 11.6 Å². The van der Waals surface area contributed by atoms with Gasteiger partial charge in [-0.25, -0.2) is 0 Å². The van der Waals surface area contributed by atoms with Crippen molar-refractivity contribution < 1.29 is 4.79 Å². The van der Waals surface area contributed by atoms with E-state index in [1.54, 1.807) is 0 Å². The number of thiophene rings is 1. The van der Waals surface area contributed by atoms with Crippen LogP contribution in [0.5, 0.6) is 0 Å². The molecule has 0 radical (unpaired) electrons. The third-order valence-electron chi connectivity index (χ3n) is 1.23. The lowest BCUT2D eigenvalue weighted by atomic mass is 10.3. The molecule has 1 nitrogen and oxygen atoms in total. The van der Waals surface area contributed by atoms with Crippen LogP contribution in [0, 0.1) is 0 Å². The number of hydrogen-bond donors (Lipinski definition) is 0. The molecule has 66 valence electrons. The van der Waals surface area contributed by atoms with Crippen LogP contribution in [0.1, 0.15) is 16.1 Å². The fourth-order valence-corrected chi connectivity index (χ4v) is 3.51. The molecule has 0 unspecified atom stereocenters. The average molecular weight is 332 g/mol. The monoisotopic (exact) mass is 330 g/mol. The zero-order valence-corrected chi connectivity index (χ0v) is 10.7. The van der Waals surface area contributed by atoms with Crippen molar-refractivity contribution in [2.45, 2.75) is 6.42 Å². The van der Waals surface area contributed by atoms with E-state index in [-0.39, 0.29) is 5.78 Å². The summed E-state index contributed by atoms with van der Waals surface area (Å²) >= 11 is 13.5. The molecule has 12 heavy (non-hydrogen) atoms. The van der Waals surface area contributed by atoms with E-state index < -0.39 is 0 Å². The smallest absolute Gasteiger partial charge is 0.175 e. The van der Waals surface area contributed by atoms with Gasteiger partial charge in [-0.3, -0.25) is 4.79 Å². The maximum atomic E-state index is 11.4. The molecule has 0 saturated carbocycles. The molecule has 1 heterocycles. The Labute approximate surface area is 96.4 Å². The molecule has 0 atom stereocenters. The number of Topliss-reactive ketones (excluding diaryl/α,β-unsaturated/α-hetero) is 1. The number of hydrogen-bond acceptors (Lipinski definition) is 2. The Hall–Kier alpha value is 0.620. The van der Waals surface area contributed by atoms with E-state index in [9.17, 15) is 4.79 Å². The molecule has 0 aromatic carbocycles. The molecule has 0 fully saturated rings. The molecule has 0 aliphatic rings. The lowest BCUT2D eigenvalue weighted by molar-refractivity contribution is 0.0992. The van der Waals surface area contributed by atoms with Crippen LogP contribution in [0.3, 0.4) is 0 Å². The van der Waals surface area contributed by atoms with Crippen molar-refractivity contribution in [2.24, 2.45) is 0 Å². The van der Waals surface area contributed by atoms with E-state index in [1.807, 2.05) is 6.07 Å². The van der Waals surface area contributed by atoms with Crippen molar-refractivity contribution in [3.63, 3.8) is 0 Å². The summed E-state index contributed by atoms with van der Waals surface area (Å²) in [4.78, 5) is 12.1. The van der Waals surface area contributed by atoms with Crippen LogP contribution in [-0.4, -0.2) is 11.7 Å². The van der Waals surface area contributed by atoms with E-state index in [1.165, 1.54) is 11.3 Å². The molecule has 1 rings (SSSR count). The van der Waals surface area contributed by atoms with Crippen LogP contribution >= 0.6 is 54.8 Å². The highest BCUT2D eigenvalue weighted by atomic mass is 79.9. The van der Waals surface area contributed by atoms with Gasteiger partial charge in [-0.1, -0.05) is 0 Å². The molecule has 0 aliphatic heterocycles. The molecule has 0 bridgehead atoms. The zero-order chi connectivity index (χ0) is 9.14. The minimum absolute atomic E-state index is 0.0903. The average Bonchev–Trinajstić information content (AvgIpc) is 2.30. The van der Waals surface area contributed by atoms with Crippen molar-refractivity contribution in [1.29, 1.82) is 0 Å². The van der Waals surface area contributed by atoms with Gasteiger partial charge in [0.2, 0.25) is 0 Å². The third kappa shape index (κ3) is 2.55. The molecule has 0 saturated heterocycles. The normalized spacial score (nSPS) is 10.2. The Morgan fingerprint density at radius 2 is 2.25 bits per heavy atom. The molecule has 0 aliphatic carbocycles. The topological polar surface area (TPSA) is 17.1 Å². The second-order valence-electron chi connectivity index (χ2n) is 2.09. The summed E-state index contributed by atoms with van der Waals surface area (Å²) in [5.74, 6) is 0.466. The second kappa shape index (κ2) is 4.74. The molecule has 0 spiro atoms. The highest BCUT2D eigenvalue weighted by Gasteiger charge is 2.12. The van der Waals surface area contributed by atoms with Gasteiger partial charge in [0.15, 0.2) is 5.78 Å². The SMILES string of the molecule is O=C(CCCl)c1sc(Br)cc1Br. The van der Waals surface area contributed by atoms with Crippen LogP contribution in [-0.2, 0) is 0 Å². The summed E-state index contributed by atoms with van der Waals surface area (Å²) in [6.45, 7) is 0. The lowest BCUT2D eigenvalue weighted by Gasteiger charge is -1.93. The Morgan fingerprint density at radius 1 is 1.58 bits per heavy atom. The first kappa shape index (κ1) is 10.7. The predicted octanol–water partition coefficient (Wildman–Crippen LogP) is 4.08. The van der Waals surface area contributed by atoms with Crippen LogP contribution in [0.2, 0.25) is 0 Å². The minimum Gasteiger partial charge on any atom is -0.293 e. The summed E-state index contributed by atoms with van der Waals surface area (Å²) in [5, 5.41) is 0. The summed E-state index contributed by atoms with van der Waals surface area (Å²) in [7, 11) is 0. The van der Waals surface area contributed by atoms with Crippen LogP contribution < -0.4 is 0 Å². The van der Waals surface area contributed by atoms with Gasteiger partial charge in [0, 0.05) is 16.8 Å². The summed E-state index contributed by atoms with van der Waals surface area (Å²) in [6.07, 6.45) is 0.396. The second-order valence-corrected chi connectivity index (χ2v) is 5.75. The Bertz CT molecular complexity index is 298. The van der Waals surface area contributed by atoms with E-state index in [0.717, 1.165) is 13.1 Å². The number of rotatable bonds is 3. The molecular formula is C7H5Br2ClOS. The van der Waals surface area contributed by atoms with Crippen molar-refractivity contribution in [3.8, 4) is 0 Å². The summed E-state index contributed by atoms with van der Waals surface area (Å²) < 4.78 is 1.79. The predicted molar refractivity (Wildman–Crippen MR) is 59.4 cm³/mol. The van der Waals surface area contributed by atoms with Crippen LogP contribution in [0.4, 0.5) is 0 Å². The fourth-order valence-electron chi connectivity index (χ4n) is 0.730. The number of ketones is 1. The number of halogens is 3. The van der Waals surface area contributed by atoms with Crippen molar-refractivity contribution in [1.82, 2.24) is 0 Å². The fraction of sp³-hybridized carbons (Fsp3) is 0.286. The van der Waals surface area contributed by atoms with Gasteiger partial charge in [0.25, 0.3) is 0 Å². The third-order valence-corrected chi connectivity index (χ3v) is 3.99. The first-order valence-corrected chi connectivity index (χ1v) is 6.13. The number of carbonyl (C=O) groups excluding carboxylic acids is 1. The van der Waals surface area contributed by atoms with Gasteiger partial charge in [-0.2, -0.15) is 0 Å². The number of alkyl halides is 1. The summed E-state index contributed by atoms with van der Waals surface area (Å²) in [5.41, 5.74) is 0. The van der Waals surface area contributed by atoms with Gasteiger partial charge >= 0.3 is 0 Å². The Kier molecular flexibility index (Phi) is 4.23. The van der Waals surface area contributed by atoms with Crippen LogP contribution in [0.15, 0.2) is 14.3 Å². The Balaban J connectivity index is 2.87. The van der Waals surface area contributed by atoms with E-state index >= 15 is 0 Å². The highest BCUT2D eigenvalue weighted by Crippen LogP contribution is 2.32. The molecule has 1 aromatic heterocycles. The van der Waals surface area contributed by atoms with Crippen molar-refractivity contribution in [3.05, 3.63) is 19.2 Å². The van der Waals surface area contributed by atoms with E-state index in [0.29, 0.717) is 12.3 Å². The Morgan fingerprint density at radius 3 is 2.67 bits per heavy atom. The molecule has 1 aromatic rings. The highest BCUT2D eigenvalue weighted by molar-refractivity contribution is 9.11. The van der Waals surface area contributed by atoms with Gasteiger partial charge < -0.3 is 0 Å². The minimum atomic E-state index is 0.0903. The van der Waals surface area contributed by atoms with Gasteiger partial charge in [-0.05, 0) is 37.9 Å². The van der Waals surface area contributed by atoms with Gasteiger partial charge in [0.05, 0.1) is 8.66 Å².